The summed E-state index contributed by atoms with van der Waals surface area (Å²) in [5, 5.41) is 4.16. The first-order valence-corrected chi connectivity index (χ1v) is 6.49. The van der Waals surface area contributed by atoms with Gasteiger partial charge in [0.2, 0.25) is 5.95 Å². The van der Waals surface area contributed by atoms with Crippen LogP contribution in [0.15, 0.2) is 14.7 Å². The molecule has 106 valence electrons. The second-order valence-corrected chi connectivity index (χ2v) is 4.91. The number of fused-ring (bicyclic) bond motifs is 3. The summed E-state index contributed by atoms with van der Waals surface area (Å²) in [6.45, 7) is 5.94. The van der Waals surface area contributed by atoms with Gasteiger partial charge in [-0.1, -0.05) is 0 Å². The summed E-state index contributed by atoms with van der Waals surface area (Å²) in [5.41, 5.74) is 3.81. The van der Waals surface area contributed by atoms with Crippen LogP contribution in [0.5, 0.6) is 0 Å². The van der Waals surface area contributed by atoms with Crippen molar-refractivity contribution in [3.63, 3.8) is 0 Å². The third kappa shape index (κ3) is 1.41. The highest BCUT2D eigenvalue weighted by Crippen LogP contribution is 2.25. The van der Waals surface area contributed by atoms with Gasteiger partial charge in [0.15, 0.2) is 11.2 Å². The molecule has 8 nitrogen and oxygen atoms in total. The third-order valence-electron chi connectivity index (χ3n) is 3.82. The van der Waals surface area contributed by atoms with Crippen LogP contribution in [-0.2, 0) is 13.6 Å². The minimum atomic E-state index is -0.356. The Morgan fingerprint density at radius 2 is 2.05 bits per heavy atom. The predicted molar refractivity (Wildman–Crippen MR) is 76.4 cm³/mol. The summed E-state index contributed by atoms with van der Waals surface area (Å²) in [5.74, 6) is 0.485. The fourth-order valence-electron chi connectivity index (χ4n) is 2.49. The molecule has 0 bridgehead atoms. The quantitative estimate of drug-likeness (QED) is 0.810. The van der Waals surface area contributed by atoms with Gasteiger partial charge in [0.25, 0.3) is 5.56 Å². The zero-order chi connectivity index (χ0) is 14.6. The van der Waals surface area contributed by atoms with Crippen molar-refractivity contribution in [3.8, 4) is 0 Å². The number of hydrogen-bond donors (Lipinski definition) is 1. The topological polar surface area (TPSA) is 86.2 Å². The molecule has 0 aliphatic carbocycles. The Morgan fingerprint density at radius 1 is 1.35 bits per heavy atom. The Bertz CT molecular complexity index is 853. The molecule has 0 fully saturated rings. The highest BCUT2D eigenvalue weighted by molar-refractivity contribution is 5.90. The van der Waals surface area contributed by atoms with E-state index in [1.807, 2.05) is 13.8 Å². The predicted octanol–water partition coefficient (Wildman–Crippen LogP) is 0.279. The Morgan fingerprint density at radius 3 is 2.70 bits per heavy atom. The van der Waals surface area contributed by atoms with Crippen molar-refractivity contribution >= 4 is 22.8 Å². The zero-order valence-electron chi connectivity index (χ0n) is 11.8. The van der Waals surface area contributed by atoms with Crippen LogP contribution < -0.4 is 16.7 Å². The van der Waals surface area contributed by atoms with E-state index in [1.54, 1.807) is 18.5 Å². The maximum Gasteiger partial charge on any atom is 0.332 e. The molecule has 1 atom stereocenters. The van der Waals surface area contributed by atoms with Crippen LogP contribution in [0.2, 0.25) is 0 Å². The Balaban J connectivity index is 2.51. The van der Waals surface area contributed by atoms with Crippen LogP contribution in [0.3, 0.4) is 0 Å². The summed E-state index contributed by atoms with van der Waals surface area (Å²) in [7, 11) is 1.62. The average molecular weight is 276 g/mol. The van der Waals surface area contributed by atoms with Crippen molar-refractivity contribution in [1.29, 1.82) is 0 Å². The Kier molecular flexibility index (Phi) is 2.56. The SMILES string of the molecule is CCn1c(=O)c2c(nc3n2C(C)C(C)=NN3)n(C)c1=O. The van der Waals surface area contributed by atoms with Crippen molar-refractivity contribution < 1.29 is 0 Å². The maximum atomic E-state index is 12.5. The van der Waals surface area contributed by atoms with E-state index < -0.39 is 0 Å². The van der Waals surface area contributed by atoms with Gasteiger partial charge in [0.1, 0.15) is 0 Å². The minimum absolute atomic E-state index is 0.0771. The van der Waals surface area contributed by atoms with Crippen LogP contribution in [0.25, 0.3) is 11.2 Å². The summed E-state index contributed by atoms with van der Waals surface area (Å²) in [4.78, 5) is 29.0. The number of nitrogens with one attached hydrogen (secondary N) is 1. The van der Waals surface area contributed by atoms with Crippen LogP contribution in [0.1, 0.15) is 26.8 Å². The van der Waals surface area contributed by atoms with Gasteiger partial charge in [-0.2, -0.15) is 10.1 Å². The van der Waals surface area contributed by atoms with Gasteiger partial charge in [-0.15, -0.1) is 0 Å². The summed E-state index contributed by atoms with van der Waals surface area (Å²) >= 11 is 0. The van der Waals surface area contributed by atoms with Crippen molar-refractivity contribution in [2.24, 2.45) is 12.1 Å². The van der Waals surface area contributed by atoms with Crippen molar-refractivity contribution in [1.82, 2.24) is 18.7 Å². The molecule has 0 spiro atoms. The van der Waals surface area contributed by atoms with Gasteiger partial charge in [-0.3, -0.25) is 18.5 Å². The first-order valence-electron chi connectivity index (χ1n) is 6.49. The number of nitrogens with zero attached hydrogens (tertiary/aromatic N) is 5. The summed E-state index contributed by atoms with van der Waals surface area (Å²) < 4.78 is 4.41. The van der Waals surface area contributed by atoms with Crippen LogP contribution in [0.4, 0.5) is 5.95 Å². The molecule has 1 aliphatic heterocycles. The van der Waals surface area contributed by atoms with E-state index in [0.717, 1.165) is 5.71 Å². The van der Waals surface area contributed by atoms with E-state index in [9.17, 15) is 9.59 Å². The maximum absolute atomic E-state index is 12.5. The molecule has 1 unspecified atom stereocenters. The van der Waals surface area contributed by atoms with Crippen molar-refractivity contribution in [3.05, 3.63) is 20.8 Å². The molecule has 0 saturated carbocycles. The minimum Gasteiger partial charge on any atom is -0.294 e. The van der Waals surface area contributed by atoms with Gasteiger partial charge in [0.05, 0.1) is 11.8 Å². The third-order valence-corrected chi connectivity index (χ3v) is 3.82. The van der Waals surface area contributed by atoms with Crippen LogP contribution in [0, 0.1) is 0 Å². The second-order valence-electron chi connectivity index (χ2n) is 4.91. The molecule has 1 aliphatic rings. The Labute approximate surface area is 114 Å². The normalized spacial score (nSPS) is 17.8. The van der Waals surface area contributed by atoms with E-state index in [0.29, 0.717) is 23.7 Å². The number of anilines is 1. The lowest BCUT2D eigenvalue weighted by atomic mass is 10.2. The number of imidazole rings is 1. The van der Waals surface area contributed by atoms with Gasteiger partial charge in [-0.05, 0) is 20.8 Å². The van der Waals surface area contributed by atoms with Crippen LogP contribution in [-0.4, -0.2) is 24.4 Å². The van der Waals surface area contributed by atoms with E-state index >= 15 is 0 Å². The highest BCUT2D eigenvalue weighted by atomic mass is 16.2. The van der Waals surface area contributed by atoms with Crippen molar-refractivity contribution in [2.75, 3.05) is 5.43 Å². The van der Waals surface area contributed by atoms with E-state index in [4.69, 9.17) is 0 Å². The second kappa shape index (κ2) is 4.06. The number of aryl methyl sites for hydroxylation is 1. The molecule has 3 heterocycles. The number of hydrazone groups is 1. The monoisotopic (exact) mass is 276 g/mol. The number of aromatic nitrogens is 4. The van der Waals surface area contributed by atoms with E-state index in [-0.39, 0.29) is 17.3 Å². The first kappa shape index (κ1) is 12.6. The largest absolute Gasteiger partial charge is 0.332 e. The molecule has 20 heavy (non-hydrogen) atoms. The van der Waals surface area contributed by atoms with E-state index in [2.05, 4.69) is 15.5 Å². The van der Waals surface area contributed by atoms with Crippen LogP contribution >= 0.6 is 0 Å². The molecule has 3 rings (SSSR count). The lowest BCUT2D eigenvalue weighted by Gasteiger charge is -2.21. The van der Waals surface area contributed by atoms with Gasteiger partial charge in [-0.25, -0.2) is 10.2 Å². The molecule has 2 aromatic heterocycles. The Hall–Kier alpha value is -2.38. The summed E-state index contributed by atoms with van der Waals surface area (Å²) in [6, 6.07) is -0.0771. The summed E-state index contributed by atoms with van der Waals surface area (Å²) in [6.07, 6.45) is 0. The molecular formula is C12H16N6O2. The first-order chi connectivity index (χ1) is 9.47. The lowest BCUT2D eigenvalue weighted by Crippen LogP contribution is -2.39. The molecular weight excluding hydrogens is 260 g/mol. The van der Waals surface area contributed by atoms with Gasteiger partial charge < -0.3 is 0 Å². The van der Waals surface area contributed by atoms with Gasteiger partial charge >= 0.3 is 5.69 Å². The van der Waals surface area contributed by atoms with Crippen molar-refractivity contribution in [2.45, 2.75) is 33.4 Å². The standard InChI is InChI=1S/C12H16N6O2/c1-5-17-10(19)8-9(16(4)12(17)20)13-11-15-14-6(2)7(3)18(8)11/h7H,5H2,1-4H3,(H,13,15). The number of hydrogen-bond acceptors (Lipinski definition) is 5. The molecule has 0 amide bonds. The fraction of sp³-hybridized carbons (Fsp3) is 0.500. The molecule has 8 heteroatoms. The molecule has 1 N–H and O–H groups in total. The highest BCUT2D eigenvalue weighted by Gasteiger charge is 2.26. The lowest BCUT2D eigenvalue weighted by molar-refractivity contribution is 0.628. The van der Waals surface area contributed by atoms with Gasteiger partial charge in [0, 0.05) is 13.6 Å². The fourth-order valence-corrected chi connectivity index (χ4v) is 2.49. The molecule has 0 saturated heterocycles. The molecule has 2 aromatic rings. The molecule has 0 aromatic carbocycles. The zero-order valence-corrected chi connectivity index (χ0v) is 11.8. The molecule has 0 radical (unpaired) electrons. The number of rotatable bonds is 1. The van der Waals surface area contributed by atoms with E-state index in [1.165, 1.54) is 9.13 Å². The average Bonchev–Trinajstić information content (AvgIpc) is 2.82. The smallest absolute Gasteiger partial charge is 0.294 e.